The Kier molecular flexibility index (Phi) is 6.69. The van der Waals surface area contributed by atoms with Gasteiger partial charge in [-0.15, -0.1) is 0 Å². The molecular weight excluding hydrogens is 528 g/mol. The fourth-order valence-electron chi connectivity index (χ4n) is 3.25. The van der Waals surface area contributed by atoms with Crippen LogP contribution in [0, 0.1) is 0 Å². The molecule has 3 rings (SSSR count). The lowest BCUT2D eigenvalue weighted by molar-refractivity contribution is -0.216. The number of benzene rings is 1. The van der Waals surface area contributed by atoms with Crippen molar-refractivity contribution in [2.45, 2.75) is 36.1 Å². The number of hydrogen-bond donors (Lipinski definition) is 0. The second-order valence-electron chi connectivity index (χ2n) is 7.21. The minimum Gasteiger partial charge on any atom is -0.271 e. The molecule has 0 spiro atoms. The van der Waals surface area contributed by atoms with Crippen molar-refractivity contribution in [3.63, 3.8) is 0 Å². The fraction of sp³-hybridized carbons (Fsp3) is 0.263. The summed E-state index contributed by atoms with van der Waals surface area (Å²) in [6, 6.07) is 2.78. The first-order valence-electron chi connectivity index (χ1n) is 9.39. The lowest BCUT2D eigenvalue weighted by Crippen LogP contribution is -2.57. The van der Waals surface area contributed by atoms with Gasteiger partial charge < -0.3 is 0 Å². The van der Waals surface area contributed by atoms with E-state index in [1.807, 2.05) is 0 Å². The molecule has 1 fully saturated rings. The first kappa shape index (κ1) is 26.5. The highest BCUT2D eigenvalue weighted by molar-refractivity contribution is 7.92. The van der Waals surface area contributed by atoms with Crippen molar-refractivity contribution in [3.05, 3.63) is 54.4 Å². The number of rotatable bonds is 5. The lowest BCUT2D eigenvalue weighted by atomic mass is 10.2. The number of quaternary nitrogens is 1. The van der Waals surface area contributed by atoms with Crippen LogP contribution in [0.1, 0.15) is 12.5 Å². The van der Waals surface area contributed by atoms with Crippen LogP contribution in [-0.2, 0) is 26.0 Å². The van der Waals surface area contributed by atoms with Crippen LogP contribution in [0.25, 0.3) is 0 Å². The smallest absolute Gasteiger partial charge is 0.271 e. The molecule has 1 saturated heterocycles. The number of amides is 2. The molecule has 2 unspecified atom stereocenters. The predicted octanol–water partition coefficient (Wildman–Crippen LogP) is 4.05. The normalized spacial score (nSPS) is 21.3. The largest absolute Gasteiger partial charge is 0.501 e. The molecule has 1 aliphatic rings. The van der Waals surface area contributed by atoms with E-state index in [9.17, 15) is 44.3 Å². The number of pyridine rings is 1. The van der Waals surface area contributed by atoms with E-state index in [2.05, 4.69) is 9.82 Å². The van der Waals surface area contributed by atoms with Crippen LogP contribution >= 0.6 is 12.2 Å². The number of thiocarbonyl (C=S) groups is 1. The van der Waals surface area contributed by atoms with Crippen LogP contribution in [0.15, 0.2) is 53.7 Å². The van der Waals surface area contributed by atoms with E-state index in [1.165, 1.54) is 31.5 Å². The van der Waals surface area contributed by atoms with Gasteiger partial charge in [0, 0.05) is 29.2 Å². The predicted molar refractivity (Wildman–Crippen MR) is 111 cm³/mol. The van der Waals surface area contributed by atoms with E-state index in [4.69, 9.17) is 12.2 Å². The number of urea groups is 1. The standard InChI is InChI=1S/C19H14F6N3O5S2/c1-11-15(34)28(33-16(29)18(20,21)22,17(30)27(11)10-12-6-8-26-9-7-12)13-2-4-14(5-3-13)35(31,32)19(23,24)25/h2-9,11H,10H2,1H3/q+1. The van der Waals surface area contributed by atoms with Crippen molar-refractivity contribution in [2.75, 3.05) is 0 Å². The maximum atomic E-state index is 13.4. The molecule has 0 bridgehead atoms. The van der Waals surface area contributed by atoms with Crippen molar-refractivity contribution in [1.82, 2.24) is 14.5 Å². The summed E-state index contributed by atoms with van der Waals surface area (Å²) in [5.41, 5.74) is -5.77. The van der Waals surface area contributed by atoms with Gasteiger partial charge in [0.15, 0.2) is 5.69 Å². The first-order chi connectivity index (χ1) is 16.0. The summed E-state index contributed by atoms with van der Waals surface area (Å²) >= 11 is 5.19. The highest BCUT2D eigenvalue weighted by atomic mass is 32.2. The molecule has 0 aliphatic carbocycles. The summed E-state index contributed by atoms with van der Waals surface area (Å²) < 4.78 is 99.1. The van der Waals surface area contributed by atoms with Crippen molar-refractivity contribution in [1.29, 1.82) is 0 Å². The molecule has 188 valence electrons. The zero-order chi connectivity index (χ0) is 26.4. The molecule has 0 saturated carbocycles. The van der Waals surface area contributed by atoms with Gasteiger partial charge in [0.05, 0.1) is 11.4 Å². The van der Waals surface area contributed by atoms with Gasteiger partial charge in [-0.2, -0.15) is 26.3 Å². The van der Waals surface area contributed by atoms with Crippen molar-refractivity contribution >= 4 is 44.7 Å². The Morgan fingerprint density at radius 1 is 1.09 bits per heavy atom. The van der Waals surface area contributed by atoms with Gasteiger partial charge in [-0.05, 0) is 49.0 Å². The zero-order valence-corrected chi connectivity index (χ0v) is 19.0. The Balaban J connectivity index is 2.13. The number of alkyl halides is 6. The molecule has 1 aromatic carbocycles. The second-order valence-corrected chi connectivity index (χ2v) is 9.57. The minimum absolute atomic E-state index is 0.188. The number of carbonyl (C=O) groups is 2. The van der Waals surface area contributed by atoms with Crippen molar-refractivity contribution in [3.8, 4) is 0 Å². The molecule has 16 heteroatoms. The average Bonchev–Trinajstić information content (AvgIpc) is 2.95. The van der Waals surface area contributed by atoms with Gasteiger partial charge in [0.25, 0.3) is 14.8 Å². The Morgan fingerprint density at radius 2 is 1.63 bits per heavy atom. The number of hydroxylamine groups is 2. The zero-order valence-electron chi connectivity index (χ0n) is 17.4. The van der Waals surface area contributed by atoms with E-state index in [1.54, 1.807) is 0 Å². The van der Waals surface area contributed by atoms with E-state index < -0.39 is 59.8 Å². The van der Waals surface area contributed by atoms with Crippen LogP contribution in [0.3, 0.4) is 0 Å². The molecule has 2 amide bonds. The quantitative estimate of drug-likeness (QED) is 0.320. The first-order valence-corrected chi connectivity index (χ1v) is 11.3. The van der Waals surface area contributed by atoms with E-state index in [0.29, 0.717) is 29.8 Å². The Hall–Kier alpha value is -3.11. The highest BCUT2D eigenvalue weighted by Crippen LogP contribution is 2.39. The Labute approximate surface area is 199 Å². The van der Waals surface area contributed by atoms with Crippen LogP contribution in [-0.4, -0.2) is 53.0 Å². The highest BCUT2D eigenvalue weighted by Gasteiger charge is 2.64. The van der Waals surface area contributed by atoms with Crippen molar-refractivity contribution < 1.29 is 49.2 Å². The van der Waals surface area contributed by atoms with Crippen molar-refractivity contribution in [2.24, 2.45) is 0 Å². The molecule has 1 aliphatic heterocycles. The van der Waals surface area contributed by atoms with E-state index >= 15 is 0 Å². The Morgan fingerprint density at radius 3 is 2.11 bits per heavy atom. The van der Waals surface area contributed by atoms with Gasteiger partial charge in [0.1, 0.15) is 6.04 Å². The average molecular weight is 542 g/mol. The topological polar surface area (TPSA) is 93.6 Å². The van der Waals surface area contributed by atoms with E-state index in [0.717, 1.165) is 4.90 Å². The van der Waals surface area contributed by atoms with Gasteiger partial charge in [-0.25, -0.2) is 22.8 Å². The summed E-state index contributed by atoms with van der Waals surface area (Å²) in [7, 11) is -5.80. The van der Waals surface area contributed by atoms with Crippen LogP contribution in [0.5, 0.6) is 0 Å². The number of hydrogen-bond acceptors (Lipinski definition) is 7. The molecule has 2 aromatic rings. The summed E-state index contributed by atoms with van der Waals surface area (Å²) in [6.45, 7) is 1.16. The maximum absolute atomic E-state index is 13.4. The van der Waals surface area contributed by atoms with Gasteiger partial charge in [0.2, 0.25) is 0 Å². The third-order valence-corrected chi connectivity index (χ3v) is 7.12. The van der Waals surface area contributed by atoms with Gasteiger partial charge in [-0.3, -0.25) is 9.88 Å². The summed E-state index contributed by atoms with van der Waals surface area (Å²) in [5, 5.41) is 0. The number of sulfone groups is 1. The molecule has 0 radical (unpaired) electrons. The summed E-state index contributed by atoms with van der Waals surface area (Å²) in [5.74, 6) is -2.79. The number of carbonyl (C=O) groups excluding carboxylic acids is 2. The third kappa shape index (κ3) is 4.60. The number of aromatic nitrogens is 1. The summed E-state index contributed by atoms with van der Waals surface area (Å²) in [6.07, 6.45) is -2.77. The molecule has 35 heavy (non-hydrogen) atoms. The molecule has 0 N–H and O–H groups in total. The number of halogens is 6. The minimum atomic E-state index is -5.80. The molecule has 1 aromatic heterocycles. The molecule has 2 heterocycles. The van der Waals surface area contributed by atoms with Crippen LogP contribution in [0.4, 0.5) is 36.8 Å². The number of nitrogens with zero attached hydrogens (tertiary/aromatic N) is 3. The Bertz CT molecular complexity index is 1270. The molecular formula is C19H14F6N3O5S2+. The van der Waals surface area contributed by atoms with Gasteiger partial charge in [-0.1, -0.05) is 0 Å². The summed E-state index contributed by atoms with van der Waals surface area (Å²) in [4.78, 5) is 32.8. The monoisotopic (exact) mass is 542 g/mol. The van der Waals surface area contributed by atoms with Crippen LogP contribution in [0.2, 0.25) is 0 Å². The van der Waals surface area contributed by atoms with Crippen LogP contribution < -0.4 is 4.65 Å². The SMILES string of the molecule is CC1C(=S)[N+](OC(=O)C(F)(F)F)(c2ccc(S(=O)(=O)C(F)(F)F)cc2)C(=O)N1Cc1ccncc1. The maximum Gasteiger partial charge on any atom is 0.501 e. The van der Waals surface area contributed by atoms with Gasteiger partial charge >= 0.3 is 23.7 Å². The molecule has 2 atom stereocenters. The lowest BCUT2D eigenvalue weighted by Gasteiger charge is -2.26. The fourth-order valence-corrected chi connectivity index (χ4v) is 4.36. The molecule has 8 nitrogen and oxygen atoms in total. The second kappa shape index (κ2) is 8.83. The third-order valence-electron chi connectivity index (χ3n) is 5.02. The van der Waals surface area contributed by atoms with E-state index in [-0.39, 0.29) is 6.54 Å².